The minimum Gasteiger partial charge on any atom is -0.462 e. The number of oxazole rings is 1. The number of aryl methyl sites for hydroxylation is 1. The Balaban J connectivity index is 1.15. The average molecular weight is 590 g/mol. The molecule has 0 unspecified atom stereocenters. The van der Waals surface area contributed by atoms with Gasteiger partial charge in [0.25, 0.3) is 5.91 Å². The molecule has 2 saturated heterocycles. The van der Waals surface area contributed by atoms with Crippen molar-refractivity contribution in [1.29, 1.82) is 0 Å². The topological polar surface area (TPSA) is 108 Å². The fourth-order valence-corrected chi connectivity index (χ4v) is 5.74. The monoisotopic (exact) mass is 589 g/mol. The summed E-state index contributed by atoms with van der Waals surface area (Å²) in [5.74, 6) is -0.170. The summed E-state index contributed by atoms with van der Waals surface area (Å²) in [6, 6.07) is 9.99. The number of benzene rings is 2. The van der Waals surface area contributed by atoms with Gasteiger partial charge in [0.1, 0.15) is 12.1 Å². The summed E-state index contributed by atoms with van der Waals surface area (Å²) in [7, 11) is 0. The third-order valence-corrected chi connectivity index (χ3v) is 8.26. The number of ether oxygens (including phenoxy) is 1. The van der Waals surface area contributed by atoms with Crippen molar-refractivity contribution >= 4 is 34.8 Å². The van der Waals surface area contributed by atoms with Gasteiger partial charge in [0.05, 0.1) is 23.5 Å². The zero-order valence-electron chi connectivity index (χ0n) is 24.3. The highest BCUT2D eigenvalue weighted by Gasteiger charge is 2.30. The van der Waals surface area contributed by atoms with Crippen LogP contribution in [0.25, 0.3) is 0 Å². The molecule has 43 heavy (non-hydrogen) atoms. The van der Waals surface area contributed by atoms with Crippen LogP contribution in [0.15, 0.2) is 47.1 Å². The quantitative estimate of drug-likeness (QED) is 0.267. The van der Waals surface area contributed by atoms with Crippen molar-refractivity contribution in [3.8, 4) is 0 Å². The first-order valence-corrected chi connectivity index (χ1v) is 15.0. The van der Waals surface area contributed by atoms with Crippen LogP contribution in [0.5, 0.6) is 0 Å². The molecule has 0 atom stereocenters. The van der Waals surface area contributed by atoms with E-state index in [0.29, 0.717) is 62.7 Å². The van der Waals surface area contributed by atoms with Crippen LogP contribution in [0, 0.1) is 12.7 Å². The summed E-state index contributed by atoms with van der Waals surface area (Å²) in [5, 5.41) is 2.95. The van der Waals surface area contributed by atoms with Crippen LogP contribution in [-0.4, -0.2) is 73.5 Å². The summed E-state index contributed by atoms with van der Waals surface area (Å²) in [4.78, 5) is 48.5. The maximum atomic E-state index is 13.6. The first-order chi connectivity index (χ1) is 20.9. The fraction of sp³-hybridized carbons (Fsp3) is 0.438. The summed E-state index contributed by atoms with van der Waals surface area (Å²) in [5.41, 5.74) is 3.64. The molecule has 0 bridgehead atoms. The van der Waals surface area contributed by atoms with Gasteiger partial charge in [-0.2, -0.15) is 0 Å². The van der Waals surface area contributed by atoms with E-state index in [1.165, 1.54) is 18.4 Å². The maximum Gasteiger partial charge on any atom is 0.338 e. The number of nitrogens with one attached hydrogen (secondary N) is 1. The van der Waals surface area contributed by atoms with Crippen molar-refractivity contribution < 1.29 is 27.9 Å². The number of carbonyl (C=O) groups excluding carboxylic acids is 3. The largest absolute Gasteiger partial charge is 0.462 e. The zero-order chi connectivity index (χ0) is 29.9. The zero-order valence-corrected chi connectivity index (χ0v) is 24.3. The number of rotatable bonds is 10. The Bertz CT molecular complexity index is 1510. The van der Waals surface area contributed by atoms with Gasteiger partial charge in [-0.1, -0.05) is 0 Å². The molecule has 2 amide bonds. The Morgan fingerprint density at radius 1 is 1.05 bits per heavy atom. The standard InChI is InChI=1S/C32H36FN5O5/c1-21-18-24(33)8-10-27(21)36-13-15-37(16-14-36)28-9-7-23(32(41)42-17-3-12-38-11-2-4-29(38)39)19-25(28)34-30(40)26-20-43-31(35-26)22-5-6-22/h7-10,18-20,22H,2-6,11-17H2,1H3,(H,34,40). The highest BCUT2D eigenvalue weighted by Crippen LogP contribution is 2.39. The number of esters is 1. The smallest absolute Gasteiger partial charge is 0.338 e. The van der Waals surface area contributed by atoms with Gasteiger partial charge in [-0.15, -0.1) is 0 Å². The minimum atomic E-state index is -0.496. The van der Waals surface area contributed by atoms with Gasteiger partial charge in [0.2, 0.25) is 5.91 Å². The number of piperazine rings is 1. The molecule has 11 heteroatoms. The highest BCUT2D eigenvalue weighted by atomic mass is 19.1. The lowest BCUT2D eigenvalue weighted by Gasteiger charge is -2.38. The summed E-state index contributed by atoms with van der Waals surface area (Å²) in [6.45, 7) is 6.15. The highest BCUT2D eigenvalue weighted by molar-refractivity contribution is 6.05. The lowest BCUT2D eigenvalue weighted by molar-refractivity contribution is -0.127. The second-order valence-electron chi connectivity index (χ2n) is 11.4. The molecule has 3 aliphatic rings. The molecule has 10 nitrogen and oxygen atoms in total. The van der Waals surface area contributed by atoms with Crippen LogP contribution in [0.1, 0.15) is 70.3 Å². The first-order valence-electron chi connectivity index (χ1n) is 15.0. The third-order valence-electron chi connectivity index (χ3n) is 8.26. The van der Waals surface area contributed by atoms with Crippen molar-refractivity contribution in [3.05, 3.63) is 71.2 Å². The van der Waals surface area contributed by atoms with E-state index in [1.807, 2.05) is 19.1 Å². The molecule has 1 N–H and O–H groups in total. The number of anilines is 3. The molecule has 3 aromatic rings. The van der Waals surface area contributed by atoms with Gasteiger partial charge in [0, 0.05) is 57.3 Å². The van der Waals surface area contributed by atoms with Gasteiger partial charge in [-0.3, -0.25) is 9.59 Å². The summed E-state index contributed by atoms with van der Waals surface area (Å²) >= 11 is 0. The number of amides is 2. The van der Waals surface area contributed by atoms with E-state index in [4.69, 9.17) is 9.15 Å². The van der Waals surface area contributed by atoms with Gasteiger partial charge in [-0.05, 0) is 74.6 Å². The third kappa shape index (κ3) is 6.65. The molecule has 1 saturated carbocycles. The van der Waals surface area contributed by atoms with Gasteiger partial charge >= 0.3 is 5.97 Å². The van der Waals surface area contributed by atoms with Crippen LogP contribution in [0.4, 0.5) is 21.5 Å². The normalized spacial score (nSPS) is 17.0. The van der Waals surface area contributed by atoms with E-state index in [2.05, 4.69) is 20.1 Å². The second-order valence-corrected chi connectivity index (χ2v) is 11.4. The lowest BCUT2D eigenvalue weighted by Crippen LogP contribution is -2.47. The molecule has 2 aromatic carbocycles. The van der Waals surface area contributed by atoms with E-state index in [9.17, 15) is 18.8 Å². The molecule has 6 rings (SSSR count). The predicted octanol–water partition coefficient (Wildman–Crippen LogP) is 4.75. The molecule has 1 aromatic heterocycles. The number of aromatic nitrogens is 1. The van der Waals surface area contributed by atoms with Crippen molar-refractivity contribution in [3.63, 3.8) is 0 Å². The van der Waals surface area contributed by atoms with E-state index < -0.39 is 11.9 Å². The molecule has 2 aliphatic heterocycles. The number of halogens is 1. The average Bonchev–Trinajstić information content (AvgIpc) is 3.58. The predicted molar refractivity (Wildman–Crippen MR) is 159 cm³/mol. The lowest BCUT2D eigenvalue weighted by atomic mass is 10.1. The fourth-order valence-electron chi connectivity index (χ4n) is 5.74. The molecule has 3 heterocycles. The molecule has 1 aliphatic carbocycles. The van der Waals surface area contributed by atoms with Crippen LogP contribution in [0.3, 0.4) is 0 Å². The second kappa shape index (κ2) is 12.4. The Morgan fingerprint density at radius 3 is 2.49 bits per heavy atom. The number of likely N-dealkylation sites (tertiary alicyclic amines) is 1. The van der Waals surface area contributed by atoms with Crippen LogP contribution in [0.2, 0.25) is 0 Å². The van der Waals surface area contributed by atoms with Gasteiger partial charge in [-0.25, -0.2) is 14.2 Å². The summed E-state index contributed by atoms with van der Waals surface area (Å²) < 4.78 is 24.7. The van der Waals surface area contributed by atoms with E-state index >= 15 is 0 Å². The van der Waals surface area contributed by atoms with E-state index in [1.54, 1.807) is 17.0 Å². The minimum absolute atomic E-state index is 0.146. The molecule has 226 valence electrons. The van der Waals surface area contributed by atoms with E-state index in [0.717, 1.165) is 42.7 Å². The number of nitrogens with zero attached hydrogens (tertiary/aromatic N) is 4. The molecule has 0 spiro atoms. The maximum absolute atomic E-state index is 13.6. The SMILES string of the molecule is Cc1cc(F)ccc1N1CCN(c2ccc(C(=O)OCCCN3CCCC3=O)cc2NC(=O)c2coc(C3CC3)n2)CC1. The van der Waals surface area contributed by atoms with Crippen molar-refractivity contribution in [2.24, 2.45) is 0 Å². The van der Waals surface area contributed by atoms with Gasteiger partial charge < -0.3 is 29.2 Å². The Hall–Kier alpha value is -4.41. The number of hydrogen-bond donors (Lipinski definition) is 1. The first kappa shape index (κ1) is 28.7. The van der Waals surface area contributed by atoms with E-state index in [-0.39, 0.29) is 29.9 Å². The van der Waals surface area contributed by atoms with Crippen LogP contribution < -0.4 is 15.1 Å². The Morgan fingerprint density at radius 2 is 1.79 bits per heavy atom. The molecule has 3 fully saturated rings. The van der Waals surface area contributed by atoms with Crippen LogP contribution >= 0.6 is 0 Å². The Labute approximate surface area is 249 Å². The molecule has 0 radical (unpaired) electrons. The van der Waals surface area contributed by atoms with Crippen LogP contribution in [-0.2, 0) is 9.53 Å². The number of hydrogen-bond acceptors (Lipinski definition) is 8. The van der Waals surface area contributed by atoms with Crippen molar-refractivity contribution in [1.82, 2.24) is 9.88 Å². The number of carbonyl (C=O) groups is 3. The van der Waals surface area contributed by atoms with Crippen molar-refractivity contribution in [2.45, 2.75) is 44.9 Å². The summed E-state index contributed by atoms with van der Waals surface area (Å²) in [6.07, 6.45) is 5.40. The van der Waals surface area contributed by atoms with Gasteiger partial charge in [0.15, 0.2) is 11.6 Å². The molecular weight excluding hydrogens is 553 g/mol. The Kier molecular flexibility index (Phi) is 8.31. The molecular formula is C32H36FN5O5. The van der Waals surface area contributed by atoms with Crippen molar-refractivity contribution in [2.75, 3.05) is 61.0 Å².